The van der Waals surface area contributed by atoms with E-state index in [9.17, 15) is 5.26 Å². The Hall–Kier alpha value is -2.19. The quantitative estimate of drug-likeness (QED) is 0.922. The van der Waals surface area contributed by atoms with Gasteiger partial charge in [-0.2, -0.15) is 5.26 Å². The zero-order chi connectivity index (χ0) is 14.0. The van der Waals surface area contributed by atoms with Crippen LogP contribution in [-0.2, 0) is 4.74 Å². The topological polar surface area (TPSA) is 70.8 Å². The Morgan fingerprint density at radius 1 is 1.35 bits per heavy atom. The SMILES string of the molecule is COC1(CNc2c(C#N)nnc3ccccc23)CCC1. The van der Waals surface area contributed by atoms with Crippen LogP contribution < -0.4 is 5.32 Å². The highest BCUT2D eigenvalue weighted by Gasteiger charge is 2.37. The first kappa shape index (κ1) is 12.8. The van der Waals surface area contributed by atoms with Gasteiger partial charge in [0.25, 0.3) is 0 Å². The molecule has 0 radical (unpaired) electrons. The van der Waals surface area contributed by atoms with Crippen molar-refractivity contribution in [2.45, 2.75) is 24.9 Å². The lowest BCUT2D eigenvalue weighted by Gasteiger charge is -2.40. The lowest BCUT2D eigenvalue weighted by atomic mass is 9.80. The Morgan fingerprint density at radius 2 is 2.15 bits per heavy atom. The summed E-state index contributed by atoms with van der Waals surface area (Å²) in [6.07, 6.45) is 3.29. The van der Waals surface area contributed by atoms with Crippen molar-refractivity contribution in [1.82, 2.24) is 10.2 Å². The molecule has 1 heterocycles. The lowest BCUT2D eigenvalue weighted by molar-refractivity contribution is -0.0601. The van der Waals surface area contributed by atoms with Gasteiger partial charge in [-0.15, -0.1) is 10.2 Å². The molecule has 5 nitrogen and oxygen atoms in total. The molecule has 1 N–H and O–H groups in total. The molecule has 1 aliphatic carbocycles. The van der Waals surface area contributed by atoms with E-state index in [4.69, 9.17) is 4.74 Å². The number of hydrogen-bond donors (Lipinski definition) is 1. The van der Waals surface area contributed by atoms with E-state index in [1.54, 1.807) is 7.11 Å². The van der Waals surface area contributed by atoms with Gasteiger partial charge in [0, 0.05) is 19.0 Å². The van der Waals surface area contributed by atoms with Crippen LogP contribution >= 0.6 is 0 Å². The summed E-state index contributed by atoms with van der Waals surface area (Å²) in [5.74, 6) is 0. The highest BCUT2D eigenvalue weighted by atomic mass is 16.5. The van der Waals surface area contributed by atoms with Crippen molar-refractivity contribution in [2.75, 3.05) is 19.0 Å². The summed E-state index contributed by atoms with van der Waals surface area (Å²) in [5.41, 5.74) is 1.77. The van der Waals surface area contributed by atoms with Crippen molar-refractivity contribution in [2.24, 2.45) is 0 Å². The molecular weight excluding hydrogens is 252 g/mol. The van der Waals surface area contributed by atoms with Crippen molar-refractivity contribution in [3.63, 3.8) is 0 Å². The van der Waals surface area contributed by atoms with E-state index in [0.717, 1.165) is 29.4 Å². The Bertz CT molecular complexity index is 668. The molecule has 0 atom stereocenters. The summed E-state index contributed by atoms with van der Waals surface area (Å²) < 4.78 is 5.60. The van der Waals surface area contributed by atoms with Gasteiger partial charge in [0.15, 0.2) is 5.69 Å². The van der Waals surface area contributed by atoms with E-state index >= 15 is 0 Å². The average Bonchev–Trinajstić information content (AvgIpc) is 2.46. The molecule has 0 spiro atoms. The molecule has 0 unspecified atom stereocenters. The summed E-state index contributed by atoms with van der Waals surface area (Å²) in [6.45, 7) is 0.688. The number of rotatable bonds is 4. The summed E-state index contributed by atoms with van der Waals surface area (Å²) in [4.78, 5) is 0. The van der Waals surface area contributed by atoms with E-state index in [2.05, 4.69) is 21.6 Å². The average molecular weight is 268 g/mol. The van der Waals surface area contributed by atoms with Crippen LogP contribution in [0.3, 0.4) is 0 Å². The van der Waals surface area contributed by atoms with Crippen LogP contribution in [0.1, 0.15) is 25.0 Å². The number of methoxy groups -OCH3 is 1. The van der Waals surface area contributed by atoms with Crippen LogP contribution in [0.5, 0.6) is 0 Å². The van der Waals surface area contributed by atoms with Crippen molar-refractivity contribution in [3.8, 4) is 6.07 Å². The first-order valence-electron chi connectivity index (χ1n) is 6.72. The lowest BCUT2D eigenvalue weighted by Crippen LogP contribution is -2.45. The third-order valence-electron chi connectivity index (χ3n) is 4.06. The molecule has 1 aromatic heterocycles. The number of fused-ring (bicyclic) bond motifs is 1. The van der Waals surface area contributed by atoms with Crippen LogP contribution in [0.25, 0.3) is 10.9 Å². The van der Waals surface area contributed by atoms with Gasteiger partial charge < -0.3 is 10.1 Å². The number of hydrogen-bond acceptors (Lipinski definition) is 5. The van der Waals surface area contributed by atoms with E-state index in [0.29, 0.717) is 12.2 Å². The van der Waals surface area contributed by atoms with Gasteiger partial charge in [-0.25, -0.2) is 0 Å². The monoisotopic (exact) mass is 268 g/mol. The number of ether oxygens (including phenoxy) is 1. The molecule has 1 aliphatic rings. The molecule has 0 bridgehead atoms. The van der Waals surface area contributed by atoms with E-state index in [-0.39, 0.29) is 5.60 Å². The summed E-state index contributed by atoms with van der Waals surface area (Å²) in [6, 6.07) is 9.79. The number of nitriles is 1. The summed E-state index contributed by atoms with van der Waals surface area (Å²) in [7, 11) is 1.74. The first-order valence-corrected chi connectivity index (χ1v) is 6.72. The maximum absolute atomic E-state index is 9.21. The van der Waals surface area contributed by atoms with Crippen LogP contribution in [0, 0.1) is 11.3 Å². The zero-order valence-electron chi connectivity index (χ0n) is 11.4. The minimum atomic E-state index is -0.100. The van der Waals surface area contributed by atoms with Gasteiger partial charge in [-0.3, -0.25) is 0 Å². The number of aromatic nitrogens is 2. The largest absolute Gasteiger partial charge is 0.379 e. The smallest absolute Gasteiger partial charge is 0.186 e. The van der Waals surface area contributed by atoms with Crippen LogP contribution in [-0.4, -0.2) is 29.5 Å². The Morgan fingerprint density at radius 3 is 2.80 bits per heavy atom. The molecule has 20 heavy (non-hydrogen) atoms. The van der Waals surface area contributed by atoms with E-state index in [1.807, 2.05) is 24.3 Å². The molecule has 2 aromatic rings. The van der Waals surface area contributed by atoms with Gasteiger partial charge in [0.05, 0.1) is 16.8 Å². The van der Waals surface area contributed by atoms with E-state index in [1.165, 1.54) is 6.42 Å². The second-order valence-electron chi connectivity index (χ2n) is 5.15. The summed E-state index contributed by atoms with van der Waals surface area (Å²) in [5, 5.41) is 21.5. The van der Waals surface area contributed by atoms with Gasteiger partial charge >= 0.3 is 0 Å². The number of benzene rings is 1. The minimum absolute atomic E-state index is 0.100. The standard InChI is InChI=1S/C15H16N4O/c1-20-15(7-4-8-15)10-17-14-11-5-2-3-6-12(11)18-19-13(14)9-16/h2-3,5-6H,4,7-8,10H2,1H3,(H,17,18). The van der Waals surface area contributed by atoms with Gasteiger partial charge in [-0.1, -0.05) is 18.2 Å². The van der Waals surface area contributed by atoms with Gasteiger partial charge in [0.2, 0.25) is 0 Å². The fourth-order valence-corrected chi connectivity index (χ4v) is 2.58. The zero-order valence-corrected chi connectivity index (χ0v) is 11.4. The van der Waals surface area contributed by atoms with Crippen LogP contribution in [0.2, 0.25) is 0 Å². The van der Waals surface area contributed by atoms with Crippen molar-refractivity contribution in [1.29, 1.82) is 5.26 Å². The molecule has 1 fully saturated rings. The highest BCUT2D eigenvalue weighted by Crippen LogP contribution is 2.36. The fourth-order valence-electron chi connectivity index (χ4n) is 2.58. The second kappa shape index (κ2) is 5.06. The molecule has 1 aromatic carbocycles. The molecule has 3 rings (SSSR count). The van der Waals surface area contributed by atoms with Gasteiger partial charge in [0.1, 0.15) is 6.07 Å². The predicted octanol–water partition coefficient (Wildman–Crippen LogP) is 2.48. The van der Waals surface area contributed by atoms with Crippen LogP contribution in [0.4, 0.5) is 5.69 Å². The summed E-state index contributed by atoms with van der Waals surface area (Å²) >= 11 is 0. The first-order chi connectivity index (χ1) is 9.78. The predicted molar refractivity (Wildman–Crippen MR) is 76.3 cm³/mol. The van der Waals surface area contributed by atoms with Crippen molar-refractivity contribution in [3.05, 3.63) is 30.0 Å². The molecule has 5 heteroatoms. The molecule has 102 valence electrons. The van der Waals surface area contributed by atoms with E-state index < -0.39 is 0 Å². The third-order valence-corrected chi connectivity index (χ3v) is 4.06. The second-order valence-corrected chi connectivity index (χ2v) is 5.15. The highest BCUT2D eigenvalue weighted by molar-refractivity contribution is 5.92. The molecule has 0 saturated heterocycles. The minimum Gasteiger partial charge on any atom is -0.379 e. The normalized spacial score (nSPS) is 16.4. The Kier molecular flexibility index (Phi) is 3.25. The molecule has 0 aliphatic heterocycles. The van der Waals surface area contributed by atoms with Crippen molar-refractivity contribution >= 4 is 16.6 Å². The molecular formula is C15H16N4O. The molecule has 0 amide bonds. The number of anilines is 1. The molecule has 1 saturated carbocycles. The third kappa shape index (κ3) is 2.08. The fraction of sp³-hybridized carbons (Fsp3) is 0.400. The maximum Gasteiger partial charge on any atom is 0.186 e. The van der Waals surface area contributed by atoms with Crippen LogP contribution in [0.15, 0.2) is 24.3 Å². The number of nitrogens with zero attached hydrogens (tertiary/aromatic N) is 3. The number of nitrogens with one attached hydrogen (secondary N) is 1. The Labute approximate surface area is 117 Å². The maximum atomic E-state index is 9.21. The van der Waals surface area contributed by atoms with Gasteiger partial charge in [-0.05, 0) is 25.3 Å². The van der Waals surface area contributed by atoms with Crippen molar-refractivity contribution < 1.29 is 4.74 Å². The Balaban J connectivity index is 1.95.